The summed E-state index contributed by atoms with van der Waals surface area (Å²) in [6, 6.07) is 21.9. The van der Waals surface area contributed by atoms with Gasteiger partial charge in [-0.05, 0) is 48.0 Å². The van der Waals surface area contributed by atoms with E-state index in [0.717, 1.165) is 33.8 Å². The molecule has 0 radical (unpaired) electrons. The molecule has 0 spiro atoms. The highest BCUT2D eigenvalue weighted by Crippen LogP contribution is 2.30. The normalized spacial score (nSPS) is 10.8. The maximum Gasteiger partial charge on any atom is 0.227 e. The third-order valence-corrected chi connectivity index (χ3v) is 4.92. The summed E-state index contributed by atoms with van der Waals surface area (Å²) in [5.74, 6) is 0.238. The Hall–Kier alpha value is -4.39. The third-order valence-electron chi connectivity index (χ3n) is 4.92. The molecule has 7 heteroatoms. The van der Waals surface area contributed by atoms with Gasteiger partial charge in [0.05, 0.1) is 12.2 Å². The fraction of sp³-hybridized carbons (Fsp3) is 0.0400. The third kappa shape index (κ3) is 4.37. The fourth-order valence-corrected chi connectivity index (χ4v) is 3.40. The summed E-state index contributed by atoms with van der Waals surface area (Å²) in [5, 5.41) is 8.02. The number of nitrogens with one attached hydrogen (secondary N) is 1. The maximum atomic E-state index is 13.3. The number of nitrogens with zero attached hydrogens (tertiary/aromatic N) is 5. The Morgan fingerprint density at radius 2 is 1.72 bits per heavy atom. The highest BCUT2D eigenvalue weighted by molar-refractivity contribution is 5.78. The summed E-state index contributed by atoms with van der Waals surface area (Å²) < 4.78 is 15.1. The van der Waals surface area contributed by atoms with Crippen LogP contribution in [0.5, 0.6) is 0 Å². The van der Waals surface area contributed by atoms with Crippen LogP contribution in [0.1, 0.15) is 5.56 Å². The minimum absolute atomic E-state index is 0.259. The smallest absolute Gasteiger partial charge is 0.227 e. The van der Waals surface area contributed by atoms with E-state index in [0.29, 0.717) is 12.5 Å². The van der Waals surface area contributed by atoms with Crippen molar-refractivity contribution in [3.8, 4) is 22.5 Å². The van der Waals surface area contributed by atoms with Crippen molar-refractivity contribution in [2.45, 2.75) is 6.54 Å². The molecule has 0 fully saturated rings. The predicted molar refractivity (Wildman–Crippen MR) is 122 cm³/mol. The molecule has 0 aliphatic carbocycles. The lowest BCUT2D eigenvalue weighted by Crippen LogP contribution is -2.00. The number of hydrogen-bond donors (Lipinski definition) is 1. The Morgan fingerprint density at radius 1 is 0.875 bits per heavy atom. The van der Waals surface area contributed by atoms with Crippen molar-refractivity contribution in [2.75, 3.05) is 5.32 Å². The van der Waals surface area contributed by atoms with Crippen LogP contribution < -0.4 is 5.32 Å². The van der Waals surface area contributed by atoms with E-state index >= 15 is 0 Å². The zero-order valence-electron chi connectivity index (χ0n) is 17.1. The van der Waals surface area contributed by atoms with Crippen LogP contribution in [0, 0.1) is 5.82 Å². The molecular formula is C25H19FN6. The summed E-state index contributed by atoms with van der Waals surface area (Å²) in [7, 11) is 0. The Labute approximate surface area is 184 Å². The molecule has 2 aromatic carbocycles. The van der Waals surface area contributed by atoms with E-state index in [4.69, 9.17) is 10.1 Å². The van der Waals surface area contributed by atoms with Gasteiger partial charge in [-0.1, -0.05) is 30.3 Å². The molecular weight excluding hydrogens is 403 g/mol. The molecule has 3 heterocycles. The van der Waals surface area contributed by atoms with Crippen LogP contribution in [-0.2, 0) is 6.54 Å². The molecule has 0 saturated carbocycles. The Balaban J connectivity index is 1.53. The van der Waals surface area contributed by atoms with Gasteiger partial charge in [0.15, 0.2) is 0 Å². The summed E-state index contributed by atoms with van der Waals surface area (Å²) in [5.41, 5.74) is 5.11. The van der Waals surface area contributed by atoms with E-state index in [1.165, 1.54) is 12.1 Å². The number of para-hydroxylation sites is 1. The first-order valence-corrected chi connectivity index (χ1v) is 10.1. The first-order valence-electron chi connectivity index (χ1n) is 10.1. The maximum absolute atomic E-state index is 13.3. The van der Waals surface area contributed by atoms with Gasteiger partial charge < -0.3 is 5.32 Å². The van der Waals surface area contributed by atoms with Gasteiger partial charge in [0.1, 0.15) is 11.5 Å². The summed E-state index contributed by atoms with van der Waals surface area (Å²) in [4.78, 5) is 13.3. The van der Waals surface area contributed by atoms with Gasteiger partial charge >= 0.3 is 0 Å². The van der Waals surface area contributed by atoms with Crippen LogP contribution in [-0.4, -0.2) is 24.7 Å². The molecule has 1 N–H and O–H groups in total. The van der Waals surface area contributed by atoms with Gasteiger partial charge in [0.2, 0.25) is 5.95 Å². The number of halogens is 1. The summed E-state index contributed by atoms with van der Waals surface area (Å²) in [6.07, 6.45) is 7.17. The minimum Gasteiger partial charge on any atom is -0.324 e. The molecule has 0 aliphatic rings. The molecule has 0 aliphatic heterocycles. The number of rotatable bonds is 6. The van der Waals surface area contributed by atoms with Gasteiger partial charge in [-0.25, -0.2) is 14.4 Å². The van der Waals surface area contributed by atoms with E-state index in [2.05, 4.69) is 15.3 Å². The number of hydrogen-bond acceptors (Lipinski definition) is 5. The molecule has 0 atom stereocenters. The van der Waals surface area contributed by atoms with Crippen molar-refractivity contribution in [3.05, 3.63) is 109 Å². The van der Waals surface area contributed by atoms with Crippen LogP contribution >= 0.6 is 0 Å². The highest BCUT2D eigenvalue weighted by atomic mass is 19.1. The highest BCUT2D eigenvalue weighted by Gasteiger charge is 2.16. The number of anilines is 2. The Morgan fingerprint density at radius 3 is 2.50 bits per heavy atom. The summed E-state index contributed by atoms with van der Waals surface area (Å²) in [6.45, 7) is 0.508. The lowest BCUT2D eigenvalue weighted by atomic mass is 10.1. The molecule has 32 heavy (non-hydrogen) atoms. The van der Waals surface area contributed by atoms with E-state index in [9.17, 15) is 4.39 Å². The molecule has 6 nitrogen and oxygen atoms in total. The second-order valence-corrected chi connectivity index (χ2v) is 7.21. The molecule has 0 amide bonds. The van der Waals surface area contributed by atoms with Crippen molar-refractivity contribution in [1.82, 2.24) is 24.7 Å². The molecule has 5 aromatic rings. The van der Waals surface area contributed by atoms with E-state index in [1.807, 2.05) is 59.4 Å². The largest absolute Gasteiger partial charge is 0.324 e. The van der Waals surface area contributed by atoms with Crippen molar-refractivity contribution in [2.24, 2.45) is 0 Å². The Kier molecular flexibility index (Phi) is 5.36. The molecule has 0 saturated heterocycles. The second kappa shape index (κ2) is 8.77. The predicted octanol–water partition coefficient (Wildman–Crippen LogP) is 5.33. The van der Waals surface area contributed by atoms with Crippen LogP contribution in [0.15, 0.2) is 97.6 Å². The lowest BCUT2D eigenvalue weighted by molar-refractivity contribution is 0.624. The van der Waals surface area contributed by atoms with Gasteiger partial charge in [-0.2, -0.15) is 5.10 Å². The minimum atomic E-state index is -0.259. The van der Waals surface area contributed by atoms with Crippen molar-refractivity contribution < 1.29 is 4.39 Å². The van der Waals surface area contributed by atoms with Gasteiger partial charge in [-0.3, -0.25) is 9.67 Å². The number of benzene rings is 2. The molecule has 5 rings (SSSR count). The topological polar surface area (TPSA) is 68.5 Å². The van der Waals surface area contributed by atoms with Crippen LogP contribution in [0.2, 0.25) is 0 Å². The molecule has 156 valence electrons. The SMILES string of the molecule is Fc1ccc(Cn2cc(-c3ccnc(Nc4ccccc4)n3)c(-c3cccnc3)n2)cc1. The van der Waals surface area contributed by atoms with Crippen LogP contribution in [0.3, 0.4) is 0 Å². The average molecular weight is 422 g/mol. The quantitative estimate of drug-likeness (QED) is 0.400. The zero-order chi connectivity index (χ0) is 21.8. The second-order valence-electron chi connectivity index (χ2n) is 7.21. The number of pyridine rings is 1. The monoisotopic (exact) mass is 422 g/mol. The zero-order valence-corrected chi connectivity index (χ0v) is 17.1. The lowest BCUT2D eigenvalue weighted by Gasteiger charge is -2.06. The first-order chi connectivity index (χ1) is 15.7. The van der Waals surface area contributed by atoms with Crippen molar-refractivity contribution in [3.63, 3.8) is 0 Å². The van der Waals surface area contributed by atoms with Crippen molar-refractivity contribution >= 4 is 11.6 Å². The van der Waals surface area contributed by atoms with E-state index < -0.39 is 0 Å². The fourth-order valence-electron chi connectivity index (χ4n) is 3.40. The molecule has 0 unspecified atom stereocenters. The standard InChI is InChI=1S/C25H19FN6/c26-20-10-8-18(9-11-20)16-32-17-22(24(31-32)19-5-4-13-27-15-19)23-12-14-28-25(30-23)29-21-6-2-1-3-7-21/h1-15,17H,16H2,(H,28,29,30). The summed E-state index contributed by atoms with van der Waals surface area (Å²) >= 11 is 0. The van der Waals surface area contributed by atoms with E-state index in [-0.39, 0.29) is 5.82 Å². The molecule has 0 bridgehead atoms. The van der Waals surface area contributed by atoms with Crippen LogP contribution in [0.4, 0.5) is 16.0 Å². The number of aromatic nitrogens is 5. The average Bonchev–Trinajstić information content (AvgIpc) is 3.26. The first kappa shape index (κ1) is 19.6. The van der Waals surface area contributed by atoms with Gasteiger partial charge in [0, 0.05) is 41.6 Å². The molecule has 3 aromatic heterocycles. The van der Waals surface area contributed by atoms with Crippen molar-refractivity contribution in [1.29, 1.82) is 0 Å². The van der Waals surface area contributed by atoms with Crippen LogP contribution in [0.25, 0.3) is 22.5 Å². The van der Waals surface area contributed by atoms with Gasteiger partial charge in [0.25, 0.3) is 0 Å². The van der Waals surface area contributed by atoms with Gasteiger partial charge in [-0.15, -0.1) is 0 Å². The van der Waals surface area contributed by atoms with E-state index in [1.54, 1.807) is 30.7 Å². The Bertz CT molecular complexity index is 1320.